The summed E-state index contributed by atoms with van der Waals surface area (Å²) >= 11 is 0. The molecule has 2 nitrogen and oxygen atoms in total. The molecule has 1 saturated carbocycles. The van der Waals surface area contributed by atoms with Crippen molar-refractivity contribution in [2.75, 3.05) is 7.11 Å². The minimum Gasteiger partial charge on any atom is -0.497 e. The first-order valence-electron chi connectivity index (χ1n) is 5.86. The van der Waals surface area contributed by atoms with Crippen molar-refractivity contribution in [1.29, 1.82) is 0 Å². The van der Waals surface area contributed by atoms with Gasteiger partial charge in [-0.3, -0.25) is 0 Å². The highest BCUT2D eigenvalue weighted by Gasteiger charge is 2.48. The molecule has 0 bridgehead atoms. The van der Waals surface area contributed by atoms with Gasteiger partial charge < -0.3 is 9.84 Å². The normalized spacial score (nSPS) is 28.0. The Kier molecular flexibility index (Phi) is 2.70. The molecule has 1 aromatic carbocycles. The van der Waals surface area contributed by atoms with Gasteiger partial charge in [-0.1, -0.05) is 26.0 Å². The Labute approximate surface area is 97.3 Å². The molecular weight excluding hydrogens is 200 g/mol. The molecular formula is C14H20O2. The van der Waals surface area contributed by atoms with E-state index >= 15 is 0 Å². The van der Waals surface area contributed by atoms with E-state index in [2.05, 4.69) is 13.8 Å². The third kappa shape index (κ3) is 1.61. The van der Waals surface area contributed by atoms with Crippen molar-refractivity contribution in [2.24, 2.45) is 5.41 Å². The minimum absolute atomic E-state index is 0.0562. The third-order valence-corrected chi connectivity index (χ3v) is 4.01. The van der Waals surface area contributed by atoms with Gasteiger partial charge in [0.2, 0.25) is 0 Å². The van der Waals surface area contributed by atoms with Crippen LogP contribution >= 0.6 is 0 Å². The molecule has 0 heterocycles. The summed E-state index contributed by atoms with van der Waals surface area (Å²) in [5, 5.41) is 10.9. The van der Waals surface area contributed by atoms with Gasteiger partial charge in [-0.15, -0.1) is 0 Å². The molecule has 2 rings (SSSR count). The lowest BCUT2D eigenvalue weighted by molar-refractivity contribution is -0.0486. The van der Waals surface area contributed by atoms with E-state index in [0.29, 0.717) is 0 Å². The van der Waals surface area contributed by atoms with Crippen molar-refractivity contribution >= 4 is 0 Å². The number of hydrogen-bond donors (Lipinski definition) is 1. The number of benzene rings is 1. The van der Waals surface area contributed by atoms with Crippen LogP contribution in [0.1, 0.15) is 38.7 Å². The van der Waals surface area contributed by atoms with Gasteiger partial charge in [-0.25, -0.2) is 0 Å². The molecule has 1 N–H and O–H groups in total. The first-order chi connectivity index (χ1) is 7.49. The van der Waals surface area contributed by atoms with Crippen LogP contribution in [0.3, 0.4) is 0 Å². The summed E-state index contributed by atoms with van der Waals surface area (Å²) in [6.07, 6.45) is 2.99. The zero-order chi connectivity index (χ0) is 11.8. The van der Waals surface area contributed by atoms with Crippen LogP contribution < -0.4 is 4.74 Å². The van der Waals surface area contributed by atoms with Crippen LogP contribution in [-0.2, 0) is 5.60 Å². The van der Waals surface area contributed by atoms with Crippen molar-refractivity contribution in [3.8, 4) is 5.75 Å². The molecule has 0 aliphatic heterocycles. The summed E-state index contributed by atoms with van der Waals surface area (Å²) in [7, 11) is 1.66. The molecule has 16 heavy (non-hydrogen) atoms. The molecule has 0 radical (unpaired) electrons. The van der Waals surface area contributed by atoms with Crippen LogP contribution in [0.5, 0.6) is 5.75 Å². The molecule has 0 amide bonds. The zero-order valence-corrected chi connectivity index (χ0v) is 10.3. The molecule has 1 atom stereocenters. The molecule has 2 heteroatoms. The fraction of sp³-hybridized carbons (Fsp3) is 0.571. The molecule has 1 unspecified atom stereocenters. The van der Waals surface area contributed by atoms with Crippen molar-refractivity contribution in [1.82, 2.24) is 0 Å². The lowest BCUT2D eigenvalue weighted by atomic mass is 9.73. The maximum atomic E-state index is 10.9. The Hall–Kier alpha value is -1.02. The fourth-order valence-electron chi connectivity index (χ4n) is 2.75. The van der Waals surface area contributed by atoms with E-state index < -0.39 is 5.60 Å². The number of hydrogen-bond acceptors (Lipinski definition) is 2. The zero-order valence-electron chi connectivity index (χ0n) is 10.3. The molecule has 1 aliphatic rings. The van der Waals surface area contributed by atoms with Gasteiger partial charge in [0, 0.05) is 0 Å². The van der Waals surface area contributed by atoms with Gasteiger partial charge in [0.25, 0.3) is 0 Å². The van der Waals surface area contributed by atoms with Crippen LogP contribution in [0.25, 0.3) is 0 Å². The maximum Gasteiger partial charge on any atom is 0.119 e. The number of methoxy groups -OCH3 is 1. The monoisotopic (exact) mass is 220 g/mol. The third-order valence-electron chi connectivity index (χ3n) is 4.01. The van der Waals surface area contributed by atoms with Crippen LogP contribution in [0.15, 0.2) is 24.3 Å². The maximum absolute atomic E-state index is 10.9. The Morgan fingerprint density at radius 2 is 2.00 bits per heavy atom. The first kappa shape index (κ1) is 11.5. The molecule has 88 valence electrons. The van der Waals surface area contributed by atoms with E-state index in [4.69, 9.17) is 4.74 Å². The van der Waals surface area contributed by atoms with Gasteiger partial charge in [-0.05, 0) is 42.4 Å². The van der Waals surface area contributed by atoms with E-state index in [1.807, 2.05) is 24.3 Å². The quantitative estimate of drug-likeness (QED) is 0.830. The predicted molar refractivity (Wildman–Crippen MR) is 64.5 cm³/mol. The topological polar surface area (TPSA) is 29.5 Å². The predicted octanol–water partition coefficient (Wildman–Crippen LogP) is 3.09. The number of aliphatic hydroxyl groups is 1. The Bertz CT molecular complexity index is 384. The van der Waals surface area contributed by atoms with Gasteiger partial charge in [0.05, 0.1) is 12.7 Å². The van der Waals surface area contributed by atoms with Crippen LogP contribution in [0.4, 0.5) is 0 Å². The van der Waals surface area contributed by atoms with E-state index in [1.165, 1.54) is 0 Å². The van der Waals surface area contributed by atoms with Crippen molar-refractivity contribution in [3.63, 3.8) is 0 Å². The number of rotatable bonds is 2. The average Bonchev–Trinajstić information content (AvgIpc) is 2.55. The second-order valence-corrected chi connectivity index (χ2v) is 5.33. The Balaban J connectivity index is 2.42. The summed E-state index contributed by atoms with van der Waals surface area (Å²) in [5.41, 5.74) is 0.218. The molecule has 1 aromatic rings. The van der Waals surface area contributed by atoms with Crippen molar-refractivity contribution in [2.45, 2.75) is 38.7 Å². The first-order valence-corrected chi connectivity index (χ1v) is 5.86. The van der Waals surface area contributed by atoms with Crippen LogP contribution in [0, 0.1) is 5.41 Å². The van der Waals surface area contributed by atoms with Crippen molar-refractivity contribution in [3.05, 3.63) is 29.8 Å². The molecule has 1 fully saturated rings. The standard InChI is InChI=1S/C14H20O2/c1-13(2)8-5-9-14(13,15)11-6-4-7-12(10-11)16-3/h4,6-7,10,15H,5,8-9H2,1-3H3. The van der Waals surface area contributed by atoms with E-state index in [1.54, 1.807) is 7.11 Å². The second-order valence-electron chi connectivity index (χ2n) is 5.33. The Morgan fingerprint density at radius 1 is 1.25 bits per heavy atom. The molecule has 0 spiro atoms. The largest absolute Gasteiger partial charge is 0.497 e. The summed E-state index contributed by atoms with van der Waals surface area (Å²) in [6.45, 7) is 4.28. The van der Waals surface area contributed by atoms with Crippen molar-refractivity contribution < 1.29 is 9.84 Å². The highest BCUT2D eigenvalue weighted by Crippen LogP contribution is 2.52. The van der Waals surface area contributed by atoms with E-state index in [0.717, 1.165) is 30.6 Å². The SMILES string of the molecule is COc1cccc(C2(O)CCCC2(C)C)c1. The molecule has 1 aliphatic carbocycles. The molecule has 0 aromatic heterocycles. The van der Waals surface area contributed by atoms with Gasteiger partial charge in [0.1, 0.15) is 5.75 Å². The van der Waals surface area contributed by atoms with Crippen LogP contribution in [-0.4, -0.2) is 12.2 Å². The highest BCUT2D eigenvalue weighted by molar-refractivity contribution is 5.34. The minimum atomic E-state index is -0.707. The highest BCUT2D eigenvalue weighted by atomic mass is 16.5. The summed E-state index contributed by atoms with van der Waals surface area (Å²) < 4.78 is 5.22. The van der Waals surface area contributed by atoms with E-state index in [-0.39, 0.29) is 5.41 Å². The van der Waals surface area contributed by atoms with E-state index in [9.17, 15) is 5.11 Å². The van der Waals surface area contributed by atoms with Gasteiger partial charge >= 0.3 is 0 Å². The molecule has 0 saturated heterocycles. The summed E-state index contributed by atoms with van der Waals surface area (Å²) in [5.74, 6) is 0.814. The average molecular weight is 220 g/mol. The number of ether oxygens (including phenoxy) is 1. The Morgan fingerprint density at radius 3 is 2.56 bits per heavy atom. The smallest absolute Gasteiger partial charge is 0.119 e. The summed E-state index contributed by atoms with van der Waals surface area (Å²) in [4.78, 5) is 0. The fourth-order valence-corrected chi connectivity index (χ4v) is 2.75. The van der Waals surface area contributed by atoms with Gasteiger partial charge in [0.15, 0.2) is 0 Å². The second kappa shape index (κ2) is 3.77. The van der Waals surface area contributed by atoms with Gasteiger partial charge in [-0.2, -0.15) is 0 Å². The lowest BCUT2D eigenvalue weighted by Crippen LogP contribution is -2.36. The lowest BCUT2D eigenvalue weighted by Gasteiger charge is -2.37. The summed E-state index contributed by atoms with van der Waals surface area (Å²) in [6, 6.07) is 7.80. The van der Waals surface area contributed by atoms with Crippen LogP contribution in [0.2, 0.25) is 0 Å².